The first-order valence-electron chi connectivity index (χ1n) is 7.92. The fourth-order valence-electron chi connectivity index (χ4n) is 2.26. The van der Waals surface area contributed by atoms with E-state index in [4.69, 9.17) is 9.15 Å². The van der Waals surface area contributed by atoms with Crippen LogP contribution in [0.5, 0.6) is 5.75 Å². The summed E-state index contributed by atoms with van der Waals surface area (Å²) < 4.78 is 48.9. The van der Waals surface area contributed by atoms with Gasteiger partial charge in [0.05, 0.1) is 12.2 Å². The van der Waals surface area contributed by atoms with Gasteiger partial charge in [0.2, 0.25) is 5.89 Å². The van der Waals surface area contributed by atoms with Gasteiger partial charge in [-0.05, 0) is 49.4 Å². The molecule has 0 saturated carbocycles. The van der Waals surface area contributed by atoms with Crippen molar-refractivity contribution in [1.82, 2.24) is 10.2 Å². The van der Waals surface area contributed by atoms with Crippen molar-refractivity contribution in [1.29, 1.82) is 0 Å². The summed E-state index contributed by atoms with van der Waals surface area (Å²) in [6.07, 6.45) is -4.54. The number of alkyl halides is 3. The fourth-order valence-corrected chi connectivity index (χ4v) is 2.26. The Labute approximate surface area is 152 Å². The third-order valence-corrected chi connectivity index (χ3v) is 3.51. The first-order valence-corrected chi connectivity index (χ1v) is 7.92. The summed E-state index contributed by atoms with van der Waals surface area (Å²) in [5, 5.41) is 9.79. The van der Waals surface area contributed by atoms with Crippen LogP contribution in [0.15, 0.2) is 52.9 Å². The lowest BCUT2D eigenvalue weighted by Gasteiger charge is -2.07. The van der Waals surface area contributed by atoms with Gasteiger partial charge in [0.1, 0.15) is 5.75 Å². The summed E-state index contributed by atoms with van der Waals surface area (Å²) in [6.45, 7) is 2.40. The average molecular weight is 377 g/mol. The molecule has 0 saturated heterocycles. The molecule has 1 heterocycles. The van der Waals surface area contributed by atoms with Crippen LogP contribution < -0.4 is 10.1 Å². The van der Waals surface area contributed by atoms with E-state index in [1.54, 1.807) is 24.3 Å². The number of nitrogens with zero attached hydrogens (tertiary/aromatic N) is 2. The van der Waals surface area contributed by atoms with Gasteiger partial charge >= 0.3 is 12.2 Å². The molecule has 6 nitrogen and oxygen atoms in total. The second kappa shape index (κ2) is 7.48. The van der Waals surface area contributed by atoms with Gasteiger partial charge in [-0.2, -0.15) is 13.2 Å². The SMILES string of the molecule is CCOc1ccc(-c2nnc(NC(=O)c3cccc(C(F)(F)F)c3)o2)cc1. The maximum Gasteiger partial charge on any atom is 0.416 e. The Bertz CT molecular complexity index is 937. The zero-order chi connectivity index (χ0) is 19.4. The Morgan fingerprint density at radius 2 is 1.89 bits per heavy atom. The van der Waals surface area contributed by atoms with Gasteiger partial charge in [-0.25, -0.2) is 0 Å². The number of benzene rings is 2. The average Bonchev–Trinajstić information content (AvgIpc) is 3.10. The molecule has 0 aliphatic heterocycles. The fraction of sp³-hybridized carbons (Fsp3) is 0.167. The van der Waals surface area contributed by atoms with E-state index >= 15 is 0 Å². The van der Waals surface area contributed by atoms with Crippen LogP contribution in [-0.4, -0.2) is 22.7 Å². The third kappa shape index (κ3) is 4.43. The monoisotopic (exact) mass is 377 g/mol. The molecule has 0 unspecified atom stereocenters. The third-order valence-electron chi connectivity index (χ3n) is 3.51. The highest BCUT2D eigenvalue weighted by molar-refractivity contribution is 6.03. The summed E-state index contributed by atoms with van der Waals surface area (Å²) in [5.41, 5.74) is -0.494. The van der Waals surface area contributed by atoms with Gasteiger partial charge in [0.15, 0.2) is 0 Å². The molecule has 2 aromatic carbocycles. The minimum absolute atomic E-state index is 0.150. The molecule has 1 amide bonds. The second-order valence-corrected chi connectivity index (χ2v) is 5.40. The molecule has 0 bridgehead atoms. The molecule has 27 heavy (non-hydrogen) atoms. The zero-order valence-electron chi connectivity index (χ0n) is 14.1. The van der Waals surface area contributed by atoms with Crippen LogP contribution in [0.4, 0.5) is 19.2 Å². The number of hydrogen-bond donors (Lipinski definition) is 1. The maximum atomic E-state index is 12.7. The number of carbonyl (C=O) groups is 1. The molecular formula is C18H14F3N3O3. The molecule has 3 rings (SSSR count). The highest BCUT2D eigenvalue weighted by Gasteiger charge is 2.31. The lowest BCUT2D eigenvalue weighted by molar-refractivity contribution is -0.137. The van der Waals surface area contributed by atoms with Crippen molar-refractivity contribution in [2.75, 3.05) is 11.9 Å². The molecule has 3 aromatic rings. The number of ether oxygens (including phenoxy) is 1. The van der Waals surface area contributed by atoms with Crippen molar-refractivity contribution >= 4 is 11.9 Å². The van der Waals surface area contributed by atoms with Crippen LogP contribution in [0.1, 0.15) is 22.8 Å². The predicted molar refractivity (Wildman–Crippen MR) is 90.3 cm³/mol. The molecule has 0 aliphatic carbocycles. The summed E-state index contributed by atoms with van der Waals surface area (Å²) >= 11 is 0. The van der Waals surface area contributed by atoms with Gasteiger partial charge < -0.3 is 9.15 Å². The van der Waals surface area contributed by atoms with E-state index < -0.39 is 17.6 Å². The van der Waals surface area contributed by atoms with Crippen LogP contribution in [0.25, 0.3) is 11.5 Å². The van der Waals surface area contributed by atoms with Crippen molar-refractivity contribution in [2.24, 2.45) is 0 Å². The smallest absolute Gasteiger partial charge is 0.416 e. The van der Waals surface area contributed by atoms with E-state index in [0.29, 0.717) is 17.9 Å². The van der Waals surface area contributed by atoms with Gasteiger partial charge in [-0.1, -0.05) is 11.2 Å². The van der Waals surface area contributed by atoms with Crippen molar-refractivity contribution in [3.05, 3.63) is 59.7 Å². The summed E-state index contributed by atoms with van der Waals surface area (Å²) in [5.74, 6) is 0.0409. The number of halogens is 3. The van der Waals surface area contributed by atoms with Crippen LogP contribution in [0.3, 0.4) is 0 Å². The van der Waals surface area contributed by atoms with Crippen LogP contribution >= 0.6 is 0 Å². The topological polar surface area (TPSA) is 77.3 Å². The molecular weight excluding hydrogens is 363 g/mol. The lowest BCUT2D eigenvalue weighted by Crippen LogP contribution is -2.14. The lowest BCUT2D eigenvalue weighted by atomic mass is 10.1. The highest BCUT2D eigenvalue weighted by atomic mass is 19.4. The molecule has 140 valence electrons. The van der Waals surface area contributed by atoms with Gasteiger partial charge in [-0.15, -0.1) is 5.10 Å². The quantitative estimate of drug-likeness (QED) is 0.713. The Morgan fingerprint density at radius 1 is 1.15 bits per heavy atom. The summed E-state index contributed by atoms with van der Waals surface area (Å²) in [6, 6.07) is 10.7. The molecule has 0 fully saturated rings. The Hall–Kier alpha value is -3.36. The molecule has 0 radical (unpaired) electrons. The molecule has 1 aromatic heterocycles. The first-order chi connectivity index (χ1) is 12.9. The molecule has 9 heteroatoms. The Balaban J connectivity index is 1.73. The largest absolute Gasteiger partial charge is 0.494 e. The van der Waals surface area contributed by atoms with Crippen molar-refractivity contribution < 1.29 is 27.1 Å². The Kier molecular flexibility index (Phi) is 5.11. The van der Waals surface area contributed by atoms with Gasteiger partial charge in [0.25, 0.3) is 5.91 Å². The van der Waals surface area contributed by atoms with E-state index in [-0.39, 0.29) is 17.5 Å². The maximum absolute atomic E-state index is 12.7. The Morgan fingerprint density at radius 3 is 2.56 bits per heavy atom. The number of hydrogen-bond acceptors (Lipinski definition) is 5. The van der Waals surface area contributed by atoms with E-state index in [2.05, 4.69) is 15.5 Å². The first kappa shape index (κ1) is 18.4. The van der Waals surface area contributed by atoms with Gasteiger partial charge in [-0.3, -0.25) is 10.1 Å². The van der Waals surface area contributed by atoms with Gasteiger partial charge in [0, 0.05) is 11.1 Å². The van der Waals surface area contributed by atoms with Crippen LogP contribution in [0, 0.1) is 0 Å². The standard InChI is InChI=1S/C18H14F3N3O3/c1-2-26-14-8-6-11(7-9-14)16-23-24-17(27-16)22-15(25)12-4-3-5-13(10-12)18(19,20)21/h3-10H,2H2,1H3,(H,22,24,25). The van der Waals surface area contributed by atoms with Crippen LogP contribution in [-0.2, 0) is 6.18 Å². The van der Waals surface area contributed by atoms with E-state index in [9.17, 15) is 18.0 Å². The number of anilines is 1. The zero-order valence-corrected chi connectivity index (χ0v) is 14.1. The number of aromatic nitrogens is 2. The van der Waals surface area contributed by atoms with E-state index in [1.807, 2.05) is 6.92 Å². The van der Waals surface area contributed by atoms with E-state index in [1.165, 1.54) is 6.07 Å². The molecule has 0 spiro atoms. The summed E-state index contributed by atoms with van der Waals surface area (Å²) in [4.78, 5) is 12.1. The second-order valence-electron chi connectivity index (χ2n) is 5.40. The molecule has 0 aliphatic rings. The van der Waals surface area contributed by atoms with E-state index in [0.717, 1.165) is 18.2 Å². The minimum atomic E-state index is -4.54. The number of amides is 1. The summed E-state index contributed by atoms with van der Waals surface area (Å²) in [7, 11) is 0. The van der Waals surface area contributed by atoms with Crippen molar-refractivity contribution in [3.8, 4) is 17.2 Å². The van der Waals surface area contributed by atoms with Crippen molar-refractivity contribution in [3.63, 3.8) is 0 Å². The number of rotatable bonds is 5. The molecule has 0 atom stereocenters. The molecule has 1 N–H and O–H groups in total. The number of nitrogens with one attached hydrogen (secondary N) is 1. The number of carbonyl (C=O) groups excluding carboxylic acids is 1. The van der Waals surface area contributed by atoms with Crippen molar-refractivity contribution in [2.45, 2.75) is 13.1 Å². The normalized spacial score (nSPS) is 11.3. The van der Waals surface area contributed by atoms with Crippen LogP contribution in [0.2, 0.25) is 0 Å². The highest BCUT2D eigenvalue weighted by Crippen LogP contribution is 2.29. The predicted octanol–water partition coefficient (Wildman–Crippen LogP) is 4.41. The minimum Gasteiger partial charge on any atom is -0.494 e.